The van der Waals surface area contributed by atoms with Crippen LogP contribution in [0.5, 0.6) is 11.5 Å². The van der Waals surface area contributed by atoms with E-state index in [9.17, 15) is 19.5 Å². The average Bonchev–Trinajstić information content (AvgIpc) is 2.68. The quantitative estimate of drug-likeness (QED) is 0.191. The van der Waals surface area contributed by atoms with Crippen LogP contribution in [0.2, 0.25) is 0 Å². The van der Waals surface area contributed by atoms with Crippen LogP contribution in [0.1, 0.15) is 38.3 Å². The van der Waals surface area contributed by atoms with Crippen LogP contribution in [0.4, 0.5) is 0 Å². The van der Waals surface area contributed by atoms with Gasteiger partial charge in [-0.2, -0.15) is 0 Å². The van der Waals surface area contributed by atoms with Gasteiger partial charge in [0.05, 0.1) is 0 Å². The first-order chi connectivity index (χ1) is 14.0. The van der Waals surface area contributed by atoms with E-state index in [1.807, 2.05) is 45.2 Å². The zero-order valence-electron chi connectivity index (χ0n) is 16.7. The Labute approximate surface area is 202 Å². The molecule has 0 aromatic heterocycles. The molecule has 6 nitrogen and oxygen atoms in total. The summed E-state index contributed by atoms with van der Waals surface area (Å²) >= 11 is 3.94. The minimum Gasteiger partial charge on any atom is -0.550 e. The highest BCUT2D eigenvalue weighted by atomic mass is 127. The number of hydrogen-bond donors (Lipinski definition) is 0. The van der Waals surface area contributed by atoms with E-state index in [-0.39, 0.29) is 26.2 Å². The zero-order valence-corrected chi connectivity index (χ0v) is 21.0. The summed E-state index contributed by atoms with van der Waals surface area (Å²) in [6.45, 7) is 5.26. The molecule has 0 aliphatic rings. The normalized spacial score (nSPS) is 14.8. The fourth-order valence-electron chi connectivity index (χ4n) is 2.84. The van der Waals surface area contributed by atoms with Gasteiger partial charge in [0, 0.05) is 17.8 Å². The molecule has 0 radical (unpaired) electrons. The van der Waals surface area contributed by atoms with Gasteiger partial charge in [-0.05, 0) is 49.2 Å². The summed E-state index contributed by atoms with van der Waals surface area (Å²) in [6.07, 6.45) is -0.249. The van der Waals surface area contributed by atoms with Gasteiger partial charge in [0.15, 0.2) is 0 Å². The molecular weight excluding hydrogens is 614 g/mol. The van der Waals surface area contributed by atoms with Crippen molar-refractivity contribution in [3.63, 3.8) is 0 Å². The van der Waals surface area contributed by atoms with Gasteiger partial charge in [0.2, 0.25) is 0 Å². The lowest BCUT2D eigenvalue weighted by molar-refractivity contribution is -0.306. The summed E-state index contributed by atoms with van der Waals surface area (Å²) < 4.78 is 9.99. The highest BCUT2D eigenvalue weighted by molar-refractivity contribution is 14.1. The van der Waals surface area contributed by atoms with Crippen LogP contribution in [0.25, 0.3) is 0 Å². The summed E-state index contributed by atoms with van der Waals surface area (Å²) in [5, 5.41) is 11.5. The molecule has 0 aliphatic heterocycles. The number of benzene rings is 2. The molecule has 2 unspecified atom stereocenters. The molecule has 2 atom stereocenters. The molecule has 30 heavy (non-hydrogen) atoms. The topological polar surface area (TPSA) is 92.7 Å². The van der Waals surface area contributed by atoms with Crippen LogP contribution < -0.4 is 14.6 Å². The first-order valence-corrected chi connectivity index (χ1v) is 11.6. The number of alkyl halides is 2. The van der Waals surface area contributed by atoms with Crippen LogP contribution in [-0.4, -0.2) is 25.8 Å². The molecule has 0 bridgehead atoms. The largest absolute Gasteiger partial charge is 0.550 e. The van der Waals surface area contributed by atoms with Crippen molar-refractivity contribution < 1.29 is 29.0 Å². The Balaban J connectivity index is 2.32. The molecule has 2 rings (SSSR count). The predicted molar refractivity (Wildman–Crippen MR) is 127 cm³/mol. The van der Waals surface area contributed by atoms with E-state index in [4.69, 9.17) is 9.47 Å². The molecule has 2 aromatic carbocycles. The maximum Gasteiger partial charge on any atom is 0.323 e. The van der Waals surface area contributed by atoms with E-state index in [1.165, 1.54) is 0 Å². The van der Waals surface area contributed by atoms with Crippen molar-refractivity contribution >= 4 is 63.1 Å². The van der Waals surface area contributed by atoms with Crippen molar-refractivity contribution in [1.82, 2.24) is 0 Å². The molecule has 0 fully saturated rings. The number of hydrogen-bond acceptors (Lipinski definition) is 6. The van der Waals surface area contributed by atoms with Crippen LogP contribution in [0, 0.1) is 0 Å². The van der Waals surface area contributed by atoms with E-state index in [2.05, 4.69) is 0 Å². The van der Waals surface area contributed by atoms with Crippen molar-refractivity contribution in [1.29, 1.82) is 0 Å². The molecule has 160 valence electrons. The molecule has 0 aliphatic carbocycles. The molecule has 0 saturated carbocycles. The van der Waals surface area contributed by atoms with Gasteiger partial charge in [-0.15, -0.1) is 0 Å². The average molecular weight is 635 g/mol. The van der Waals surface area contributed by atoms with Gasteiger partial charge in [0.1, 0.15) is 19.3 Å². The Hall–Kier alpha value is -1.69. The maximum atomic E-state index is 11.8. The van der Waals surface area contributed by atoms with E-state index in [1.54, 1.807) is 69.3 Å². The summed E-state index contributed by atoms with van der Waals surface area (Å²) in [6, 6.07) is 13.5. The summed E-state index contributed by atoms with van der Waals surface area (Å²) in [5.74, 6) is -1.13. The Kier molecular flexibility index (Phi) is 8.65. The lowest BCUT2D eigenvalue weighted by Gasteiger charge is -2.31. The number of carbonyl (C=O) groups excluding carboxylic acids is 3. The molecule has 0 spiro atoms. The smallest absolute Gasteiger partial charge is 0.323 e. The Bertz CT molecular complexity index is 839. The predicted octanol–water partition coefficient (Wildman–Crippen LogP) is 3.59. The third-order valence-corrected chi connectivity index (χ3v) is 5.58. The second kappa shape index (κ2) is 10.6. The maximum absolute atomic E-state index is 11.8. The SMILES string of the molecule is CC(I)C(=O)Oc1ccc(C(C)(CC(=O)[O-])c2ccc(OC(=O)C(C)I)cc2)cc1. The van der Waals surface area contributed by atoms with Crippen LogP contribution in [0.3, 0.4) is 0 Å². The van der Waals surface area contributed by atoms with Gasteiger partial charge in [-0.3, -0.25) is 9.59 Å². The minimum absolute atomic E-state index is 0.249. The highest BCUT2D eigenvalue weighted by Crippen LogP contribution is 2.37. The fourth-order valence-corrected chi connectivity index (χ4v) is 3.09. The van der Waals surface area contributed by atoms with E-state index in [0.717, 1.165) is 11.1 Å². The molecular formula is C22H21I2O6-. The Morgan fingerprint density at radius 3 is 1.43 bits per heavy atom. The number of aliphatic carboxylic acids is 1. The second-order valence-corrected chi connectivity index (χ2v) is 10.7. The Morgan fingerprint density at radius 1 is 0.833 bits per heavy atom. The van der Waals surface area contributed by atoms with Crippen molar-refractivity contribution in [2.45, 2.75) is 40.5 Å². The molecule has 0 heterocycles. The summed E-state index contributed by atoms with van der Waals surface area (Å²) in [7, 11) is 0. The van der Waals surface area contributed by atoms with E-state index in [0.29, 0.717) is 11.5 Å². The lowest BCUT2D eigenvalue weighted by Crippen LogP contribution is -2.34. The van der Waals surface area contributed by atoms with Crippen molar-refractivity contribution in [2.24, 2.45) is 0 Å². The standard InChI is InChI=1S/C22H22I2O6/c1-13(23)20(27)29-17-8-4-15(5-9-17)22(3,12-19(25)26)16-6-10-18(11-7-16)30-21(28)14(2)24/h4-11,13-14H,12H2,1-3H3,(H,25,26)/p-1. The van der Waals surface area contributed by atoms with Crippen LogP contribution in [0.15, 0.2) is 48.5 Å². The van der Waals surface area contributed by atoms with Crippen molar-refractivity contribution in [2.75, 3.05) is 0 Å². The van der Waals surface area contributed by atoms with Crippen molar-refractivity contribution in [3.05, 3.63) is 59.7 Å². The highest BCUT2D eigenvalue weighted by Gasteiger charge is 2.29. The van der Waals surface area contributed by atoms with Gasteiger partial charge in [-0.25, -0.2) is 0 Å². The van der Waals surface area contributed by atoms with Gasteiger partial charge in [0.25, 0.3) is 0 Å². The molecule has 0 N–H and O–H groups in total. The van der Waals surface area contributed by atoms with Crippen LogP contribution >= 0.6 is 45.2 Å². The first kappa shape index (κ1) is 24.6. The van der Waals surface area contributed by atoms with Gasteiger partial charge < -0.3 is 19.4 Å². The number of carbonyl (C=O) groups is 3. The number of rotatable bonds is 8. The number of esters is 2. The van der Waals surface area contributed by atoms with Crippen molar-refractivity contribution in [3.8, 4) is 11.5 Å². The molecule has 8 heteroatoms. The molecule has 2 aromatic rings. The summed E-state index contributed by atoms with van der Waals surface area (Å²) in [5.41, 5.74) is 0.552. The Morgan fingerprint density at radius 2 is 1.17 bits per heavy atom. The fraction of sp³-hybridized carbons (Fsp3) is 0.318. The number of carboxylic acids is 1. The first-order valence-electron chi connectivity index (χ1n) is 9.15. The lowest BCUT2D eigenvalue weighted by atomic mass is 9.74. The number of halogens is 2. The molecule has 0 amide bonds. The van der Waals surface area contributed by atoms with E-state index >= 15 is 0 Å². The van der Waals surface area contributed by atoms with Gasteiger partial charge >= 0.3 is 11.9 Å². The zero-order chi connectivity index (χ0) is 22.5. The second-order valence-electron chi connectivity index (χ2n) is 7.00. The van der Waals surface area contributed by atoms with Crippen LogP contribution in [-0.2, 0) is 19.8 Å². The monoisotopic (exact) mass is 635 g/mol. The van der Waals surface area contributed by atoms with Gasteiger partial charge in [-0.1, -0.05) is 76.4 Å². The molecule has 0 saturated heterocycles. The van der Waals surface area contributed by atoms with E-state index < -0.39 is 11.4 Å². The third kappa shape index (κ3) is 6.40. The number of ether oxygens (including phenoxy) is 2. The number of carboxylic acid groups (broad SMARTS) is 1. The third-order valence-electron chi connectivity index (χ3n) is 4.57. The minimum atomic E-state index is -1.19. The summed E-state index contributed by atoms with van der Waals surface area (Å²) in [4.78, 5) is 35.0.